The molecule has 0 spiro atoms. The van der Waals surface area contributed by atoms with Crippen LogP contribution in [0.3, 0.4) is 0 Å². The van der Waals surface area contributed by atoms with Gasteiger partial charge in [0.2, 0.25) is 0 Å². The summed E-state index contributed by atoms with van der Waals surface area (Å²) in [6, 6.07) is 0. The van der Waals surface area contributed by atoms with Gasteiger partial charge in [0, 0.05) is 0 Å². The molecule has 2 rings (SSSR count). The van der Waals surface area contributed by atoms with E-state index in [1.807, 2.05) is 0 Å². The second-order valence-corrected chi connectivity index (χ2v) is 2.22. The zero-order chi connectivity index (χ0) is 7.84. The summed E-state index contributed by atoms with van der Waals surface area (Å²) in [5.74, 6) is 0. The fraction of sp³-hybridized carbons (Fsp3) is 0. The molecule has 0 fully saturated rings. The van der Waals surface area contributed by atoms with Gasteiger partial charge in [-0.05, 0) is 0 Å². The molecular weight excluding hydrogens is 143 g/mol. The molecule has 2 heterocycles. The molecule has 0 aliphatic rings. The van der Waals surface area contributed by atoms with Crippen molar-refractivity contribution in [2.75, 3.05) is 0 Å². The molecule has 0 aliphatic carbocycles. The molecular formula is C5H5BN4O. The number of H-pyrrole nitrogens is 1. The van der Waals surface area contributed by atoms with Crippen LogP contribution in [0, 0.1) is 0 Å². The summed E-state index contributed by atoms with van der Waals surface area (Å²) in [5.41, 5.74) is 1.02. The van der Waals surface area contributed by atoms with E-state index in [0.717, 1.165) is 0 Å². The largest absolute Gasteiger partial charge is 0.310 e. The van der Waals surface area contributed by atoms with Crippen LogP contribution in [0.4, 0.5) is 0 Å². The van der Waals surface area contributed by atoms with Crippen LogP contribution in [-0.4, -0.2) is 27.4 Å². The fourth-order valence-corrected chi connectivity index (χ4v) is 0.958. The molecule has 2 aromatic rings. The molecule has 0 atom stereocenters. The van der Waals surface area contributed by atoms with Crippen LogP contribution in [0.25, 0.3) is 5.52 Å². The first-order valence-electron chi connectivity index (χ1n) is 3.17. The van der Waals surface area contributed by atoms with Crippen LogP contribution in [-0.2, 0) is 0 Å². The molecule has 54 valence electrons. The Morgan fingerprint density at radius 1 is 1.64 bits per heavy atom. The molecule has 0 aliphatic heterocycles. The zero-order valence-electron chi connectivity index (χ0n) is 5.90. The van der Waals surface area contributed by atoms with E-state index in [4.69, 9.17) is 0 Å². The van der Waals surface area contributed by atoms with E-state index in [-0.39, 0.29) is 5.56 Å². The second-order valence-electron chi connectivity index (χ2n) is 2.22. The number of aromatic nitrogens is 4. The standard InChI is InChI=1S/C5H5BN4O/c6-5-7-1-3-4(11)8-2-9-10(3)5/h1-2H,6H2,(H,8,9,11). The third kappa shape index (κ3) is 0.755. The molecule has 0 unspecified atom stereocenters. The minimum Gasteiger partial charge on any atom is -0.310 e. The molecule has 0 saturated heterocycles. The van der Waals surface area contributed by atoms with Crippen LogP contribution in [0.1, 0.15) is 0 Å². The quantitative estimate of drug-likeness (QED) is 0.426. The van der Waals surface area contributed by atoms with Gasteiger partial charge >= 0.3 is 0 Å². The topological polar surface area (TPSA) is 63.0 Å². The van der Waals surface area contributed by atoms with Gasteiger partial charge in [-0.1, -0.05) is 0 Å². The molecule has 0 radical (unpaired) electrons. The van der Waals surface area contributed by atoms with Gasteiger partial charge in [0.1, 0.15) is 11.8 Å². The monoisotopic (exact) mass is 148 g/mol. The number of hydrogen-bond acceptors (Lipinski definition) is 3. The number of rotatable bonds is 0. The van der Waals surface area contributed by atoms with Crippen LogP contribution < -0.4 is 11.3 Å². The third-order valence-electron chi connectivity index (χ3n) is 1.51. The predicted octanol–water partition coefficient (Wildman–Crippen LogP) is -2.32. The molecule has 0 amide bonds. The molecule has 2 aromatic heterocycles. The van der Waals surface area contributed by atoms with Gasteiger partial charge in [-0.25, -0.2) is 4.52 Å². The maximum Gasteiger partial charge on any atom is 0.276 e. The summed E-state index contributed by atoms with van der Waals surface area (Å²) in [7, 11) is 1.79. The van der Waals surface area contributed by atoms with Crippen LogP contribution >= 0.6 is 0 Å². The number of imidazole rings is 1. The van der Waals surface area contributed by atoms with Gasteiger partial charge < -0.3 is 4.98 Å². The lowest BCUT2D eigenvalue weighted by molar-refractivity contribution is 0.903. The SMILES string of the molecule is Bc1ncc2c(=O)[nH]cnn12. The summed E-state index contributed by atoms with van der Waals surface area (Å²) < 4.78 is 1.50. The van der Waals surface area contributed by atoms with Crippen molar-refractivity contribution in [3.8, 4) is 0 Å². The first kappa shape index (κ1) is 6.15. The van der Waals surface area contributed by atoms with E-state index in [0.29, 0.717) is 11.2 Å². The van der Waals surface area contributed by atoms with Crippen molar-refractivity contribution in [2.45, 2.75) is 0 Å². The minimum absolute atomic E-state index is 0.166. The smallest absolute Gasteiger partial charge is 0.276 e. The maximum absolute atomic E-state index is 11.0. The summed E-state index contributed by atoms with van der Waals surface area (Å²) in [4.78, 5) is 17.4. The van der Waals surface area contributed by atoms with Gasteiger partial charge in [0.15, 0.2) is 7.85 Å². The Labute approximate surface area is 62.5 Å². The lowest BCUT2D eigenvalue weighted by Gasteiger charge is -1.90. The molecule has 11 heavy (non-hydrogen) atoms. The van der Waals surface area contributed by atoms with E-state index in [9.17, 15) is 4.79 Å². The van der Waals surface area contributed by atoms with Crippen molar-refractivity contribution in [1.29, 1.82) is 0 Å². The Morgan fingerprint density at radius 2 is 2.45 bits per heavy atom. The number of nitrogens with one attached hydrogen (secondary N) is 1. The molecule has 0 bridgehead atoms. The third-order valence-corrected chi connectivity index (χ3v) is 1.51. The van der Waals surface area contributed by atoms with Crippen molar-refractivity contribution in [3.05, 3.63) is 22.9 Å². The van der Waals surface area contributed by atoms with E-state index in [1.54, 1.807) is 7.85 Å². The second kappa shape index (κ2) is 1.95. The molecule has 0 aromatic carbocycles. The Morgan fingerprint density at radius 3 is 3.18 bits per heavy atom. The van der Waals surface area contributed by atoms with Gasteiger partial charge in [-0.3, -0.25) is 9.78 Å². The summed E-state index contributed by atoms with van der Waals surface area (Å²) in [5, 5.41) is 3.90. The predicted molar refractivity (Wildman–Crippen MR) is 41.8 cm³/mol. The van der Waals surface area contributed by atoms with E-state index in [1.165, 1.54) is 17.0 Å². The first-order chi connectivity index (χ1) is 5.29. The van der Waals surface area contributed by atoms with E-state index in [2.05, 4.69) is 15.1 Å². The highest BCUT2D eigenvalue weighted by Crippen LogP contribution is 1.84. The van der Waals surface area contributed by atoms with E-state index < -0.39 is 0 Å². The number of nitrogens with zero attached hydrogens (tertiary/aromatic N) is 3. The fourth-order valence-electron chi connectivity index (χ4n) is 0.958. The molecule has 6 heteroatoms. The van der Waals surface area contributed by atoms with Crippen LogP contribution in [0.2, 0.25) is 0 Å². The zero-order valence-corrected chi connectivity index (χ0v) is 5.90. The van der Waals surface area contributed by atoms with Gasteiger partial charge in [0.05, 0.1) is 11.9 Å². The summed E-state index contributed by atoms with van der Waals surface area (Å²) >= 11 is 0. The molecule has 1 N–H and O–H groups in total. The van der Waals surface area contributed by atoms with Crippen molar-refractivity contribution < 1.29 is 0 Å². The average molecular weight is 148 g/mol. The minimum atomic E-state index is -0.166. The van der Waals surface area contributed by atoms with Crippen molar-refractivity contribution in [2.24, 2.45) is 0 Å². The lowest BCUT2D eigenvalue weighted by Crippen LogP contribution is -2.19. The Hall–Kier alpha value is -1.59. The molecule has 0 saturated carbocycles. The normalized spacial score (nSPS) is 10.5. The van der Waals surface area contributed by atoms with Crippen molar-refractivity contribution in [3.63, 3.8) is 0 Å². The van der Waals surface area contributed by atoms with Crippen LogP contribution in [0.15, 0.2) is 17.3 Å². The highest BCUT2D eigenvalue weighted by Gasteiger charge is 2.00. The number of aromatic amines is 1. The van der Waals surface area contributed by atoms with Crippen molar-refractivity contribution in [1.82, 2.24) is 19.6 Å². The summed E-state index contributed by atoms with van der Waals surface area (Å²) in [6.07, 6.45) is 2.85. The highest BCUT2D eigenvalue weighted by molar-refractivity contribution is 6.29. The van der Waals surface area contributed by atoms with Crippen molar-refractivity contribution >= 4 is 19.1 Å². The van der Waals surface area contributed by atoms with Gasteiger partial charge in [-0.15, -0.1) is 0 Å². The lowest BCUT2D eigenvalue weighted by atomic mass is 10.1. The van der Waals surface area contributed by atoms with Gasteiger partial charge in [-0.2, -0.15) is 5.10 Å². The summed E-state index contributed by atoms with van der Waals surface area (Å²) in [6.45, 7) is 0. The Balaban J connectivity index is 3.06. The Bertz CT molecular complexity index is 445. The maximum atomic E-state index is 11.0. The first-order valence-corrected chi connectivity index (χ1v) is 3.17. The number of hydrogen-bond donors (Lipinski definition) is 1. The van der Waals surface area contributed by atoms with E-state index >= 15 is 0 Å². The Kier molecular flexibility index (Phi) is 1.09. The van der Waals surface area contributed by atoms with Gasteiger partial charge in [0.25, 0.3) is 5.56 Å². The number of fused-ring (bicyclic) bond motifs is 1. The van der Waals surface area contributed by atoms with Crippen LogP contribution in [0.5, 0.6) is 0 Å². The highest BCUT2D eigenvalue weighted by atomic mass is 16.1. The molecule has 5 nitrogen and oxygen atoms in total. The average Bonchev–Trinajstić information content (AvgIpc) is 2.35.